The van der Waals surface area contributed by atoms with Crippen LogP contribution in [0.15, 0.2) is 133 Å². The quantitative estimate of drug-likeness (QED) is 0.0514. The van der Waals surface area contributed by atoms with Gasteiger partial charge in [0, 0.05) is 38.2 Å². The van der Waals surface area contributed by atoms with Gasteiger partial charge in [0.05, 0.1) is 24.8 Å². The first-order chi connectivity index (χ1) is 29.4. The molecule has 1 amide bonds. The maximum Gasteiger partial charge on any atom is 0.409 e. The highest BCUT2D eigenvalue weighted by atomic mass is 16.7. The lowest BCUT2D eigenvalue weighted by atomic mass is 9.55. The Bertz CT molecular complexity index is 2150. The zero-order valence-corrected chi connectivity index (χ0v) is 34.6. The number of aliphatic hydroxyl groups excluding tert-OH is 2. The van der Waals surface area contributed by atoms with Crippen LogP contribution in [0.2, 0.25) is 0 Å². The topological polar surface area (TPSA) is 119 Å². The van der Waals surface area contributed by atoms with Gasteiger partial charge in [-0.1, -0.05) is 96.9 Å². The van der Waals surface area contributed by atoms with E-state index in [1.807, 2.05) is 66.7 Å². The molecule has 6 unspecified atom stereocenters. The summed E-state index contributed by atoms with van der Waals surface area (Å²) in [5.41, 5.74) is 3.63. The number of carbonyl (C=O) groups is 1. The van der Waals surface area contributed by atoms with Crippen molar-refractivity contribution < 1.29 is 38.8 Å². The molecule has 0 aromatic heterocycles. The molecular weight excluding hydrogens is 757 g/mol. The van der Waals surface area contributed by atoms with Crippen LogP contribution in [0.25, 0.3) is 10.8 Å². The Kier molecular flexibility index (Phi) is 14.4. The Hall–Kier alpha value is -5.42. The molecule has 6 atom stereocenters. The minimum Gasteiger partial charge on any atom is -0.459 e. The van der Waals surface area contributed by atoms with Gasteiger partial charge in [-0.05, 0) is 96.2 Å². The minimum absolute atomic E-state index is 0.0735. The number of allylic oxidation sites excluding steroid dienone is 1. The average molecular weight is 815 g/mol. The molecule has 2 N–H and O–H groups in total. The highest BCUT2D eigenvalue weighted by Crippen LogP contribution is 2.62. The third kappa shape index (κ3) is 9.31. The molecule has 0 radical (unpaired) electrons. The molecule has 2 aliphatic carbocycles. The van der Waals surface area contributed by atoms with E-state index >= 15 is 0 Å². The summed E-state index contributed by atoms with van der Waals surface area (Å²) in [4.78, 5) is 21.7. The fourth-order valence-electron chi connectivity index (χ4n) is 9.38. The van der Waals surface area contributed by atoms with Gasteiger partial charge in [-0.25, -0.2) is 4.79 Å². The van der Waals surface area contributed by atoms with Crippen LogP contribution in [0.1, 0.15) is 68.4 Å². The number of oxime groups is 1. The zero-order chi connectivity index (χ0) is 41.9. The summed E-state index contributed by atoms with van der Waals surface area (Å²) >= 11 is 0. The van der Waals surface area contributed by atoms with E-state index in [0.29, 0.717) is 36.5 Å². The molecule has 0 bridgehead atoms. The number of nitrogens with zero attached hydrogens (tertiary/aromatic N) is 2. The van der Waals surface area contributed by atoms with E-state index < -0.39 is 23.8 Å². The number of fused-ring (bicyclic) bond motifs is 3. The van der Waals surface area contributed by atoms with Gasteiger partial charge in [-0.2, -0.15) is 0 Å². The monoisotopic (exact) mass is 814 g/mol. The lowest BCUT2D eigenvalue weighted by Crippen LogP contribution is -2.69. The number of aliphatic hydroxyl groups is 2. The number of hydrogen-bond acceptors (Lipinski definition) is 9. The van der Waals surface area contributed by atoms with Crippen molar-refractivity contribution in [3.05, 3.63) is 139 Å². The number of rotatable bonds is 20. The molecule has 316 valence electrons. The van der Waals surface area contributed by atoms with E-state index in [-0.39, 0.29) is 57.2 Å². The van der Waals surface area contributed by atoms with Crippen molar-refractivity contribution in [1.29, 1.82) is 0 Å². The van der Waals surface area contributed by atoms with E-state index in [1.54, 1.807) is 24.1 Å². The highest BCUT2D eigenvalue weighted by Gasteiger charge is 2.65. The summed E-state index contributed by atoms with van der Waals surface area (Å²) in [5.74, 6) is 0.186. The SMILES string of the molecule is C=CCCOC(=O)N(C)C1CC(=NOCc2ccccc2)C2=CC(CCCCO)C(CCCCO)C3c4cc(Oc5ccc6ccccc6c5)ccc4OC1(OCC=C)C23. The number of hydrogen-bond donors (Lipinski definition) is 2. The van der Waals surface area contributed by atoms with Crippen molar-refractivity contribution in [2.45, 2.75) is 75.7 Å². The normalized spacial score (nSPS) is 23.4. The predicted molar refractivity (Wildman–Crippen MR) is 234 cm³/mol. The molecule has 0 spiro atoms. The van der Waals surface area contributed by atoms with Crippen molar-refractivity contribution in [1.82, 2.24) is 4.90 Å². The fourth-order valence-corrected chi connectivity index (χ4v) is 9.38. The molecule has 3 aliphatic rings. The first-order valence-corrected chi connectivity index (χ1v) is 21.3. The van der Waals surface area contributed by atoms with E-state index in [4.69, 9.17) is 28.9 Å². The van der Waals surface area contributed by atoms with Crippen LogP contribution in [-0.2, 0) is 20.9 Å². The molecule has 4 aromatic carbocycles. The van der Waals surface area contributed by atoms with Crippen molar-refractivity contribution in [3.8, 4) is 17.2 Å². The van der Waals surface area contributed by atoms with E-state index in [0.717, 1.165) is 58.9 Å². The van der Waals surface area contributed by atoms with Crippen molar-refractivity contribution in [3.63, 3.8) is 0 Å². The van der Waals surface area contributed by atoms with Crippen LogP contribution in [0.4, 0.5) is 4.79 Å². The van der Waals surface area contributed by atoms with Crippen molar-refractivity contribution in [2.24, 2.45) is 22.9 Å². The molecule has 0 saturated heterocycles. The van der Waals surface area contributed by atoms with E-state index in [9.17, 15) is 15.0 Å². The Morgan fingerprint density at radius 3 is 2.40 bits per heavy atom. The molecule has 60 heavy (non-hydrogen) atoms. The van der Waals surface area contributed by atoms with Crippen LogP contribution in [-0.4, -0.2) is 72.2 Å². The van der Waals surface area contributed by atoms with Gasteiger partial charge in [0.1, 0.15) is 29.9 Å². The van der Waals surface area contributed by atoms with Gasteiger partial charge in [-0.15, -0.1) is 13.2 Å². The summed E-state index contributed by atoms with van der Waals surface area (Å²) in [5, 5.41) is 26.9. The lowest BCUT2D eigenvalue weighted by molar-refractivity contribution is -0.253. The van der Waals surface area contributed by atoms with Crippen LogP contribution in [0.3, 0.4) is 0 Å². The fraction of sp³-hybridized carbons (Fsp3) is 0.400. The molecular formula is C50H58N2O8. The number of amides is 1. The maximum absolute atomic E-state index is 13.9. The number of benzene rings is 4. The second-order valence-corrected chi connectivity index (χ2v) is 15.9. The standard InChI is InChI=1S/C50H58N2O8/c1-4-6-29-56-49(55)52(3)46-33-44(51-58-34-35-16-8-7-9-17-35)42-31-38(20-12-14-26-53)41(21-13-15-27-54)47-43-32-40(59-39-23-22-36-18-10-11-19-37(36)30-39)24-25-45(43)60-50(46,48(42)47)57-28-5-2/h4-5,7-11,16-19,22-25,30-32,38,41,46-48,53-54H,1-2,6,12-15,20-21,26-29,33-34H2,3H3. The Morgan fingerprint density at radius 1 is 0.900 bits per heavy atom. The Labute approximate surface area is 353 Å². The summed E-state index contributed by atoms with van der Waals surface area (Å²) in [7, 11) is 1.73. The number of ether oxygens (including phenoxy) is 4. The van der Waals surface area contributed by atoms with Crippen LogP contribution in [0.5, 0.6) is 17.2 Å². The largest absolute Gasteiger partial charge is 0.459 e. The third-order valence-corrected chi connectivity index (χ3v) is 12.2. The average Bonchev–Trinajstić information content (AvgIpc) is 3.27. The Balaban J connectivity index is 1.39. The third-order valence-electron chi connectivity index (χ3n) is 12.2. The Morgan fingerprint density at radius 2 is 1.63 bits per heavy atom. The first kappa shape index (κ1) is 42.7. The predicted octanol–water partition coefficient (Wildman–Crippen LogP) is 10.1. The lowest BCUT2D eigenvalue weighted by Gasteiger charge is -2.59. The van der Waals surface area contributed by atoms with Crippen LogP contribution < -0.4 is 9.47 Å². The zero-order valence-electron chi connectivity index (χ0n) is 34.6. The number of carbonyl (C=O) groups excluding carboxylic acids is 1. The smallest absolute Gasteiger partial charge is 0.409 e. The number of unbranched alkanes of at least 4 members (excludes halogenated alkanes) is 2. The number of likely N-dealkylation sites (N-methyl/N-ethyl adjacent to an activating group) is 1. The molecule has 1 saturated carbocycles. The van der Waals surface area contributed by atoms with Gasteiger partial charge in [0.2, 0.25) is 5.79 Å². The molecule has 1 heterocycles. The van der Waals surface area contributed by atoms with Crippen molar-refractivity contribution in [2.75, 3.05) is 33.5 Å². The highest BCUT2D eigenvalue weighted by molar-refractivity contribution is 6.03. The van der Waals surface area contributed by atoms with Gasteiger partial charge >= 0.3 is 6.09 Å². The van der Waals surface area contributed by atoms with E-state index in [2.05, 4.69) is 43.5 Å². The molecule has 10 heteroatoms. The molecule has 10 nitrogen and oxygen atoms in total. The van der Waals surface area contributed by atoms with Crippen LogP contribution in [0, 0.1) is 17.8 Å². The van der Waals surface area contributed by atoms with Gasteiger partial charge < -0.3 is 38.9 Å². The molecule has 1 fully saturated rings. The summed E-state index contributed by atoms with van der Waals surface area (Å²) in [6.45, 7) is 8.63. The molecule has 1 aliphatic heterocycles. The minimum atomic E-state index is -1.38. The summed E-state index contributed by atoms with van der Waals surface area (Å²) < 4.78 is 26.6. The van der Waals surface area contributed by atoms with Gasteiger partial charge in [0.25, 0.3) is 0 Å². The second-order valence-electron chi connectivity index (χ2n) is 15.9. The molecule has 4 aromatic rings. The van der Waals surface area contributed by atoms with Crippen molar-refractivity contribution >= 4 is 22.6 Å². The van der Waals surface area contributed by atoms with Crippen LogP contribution >= 0.6 is 0 Å². The first-order valence-electron chi connectivity index (χ1n) is 21.3. The summed E-state index contributed by atoms with van der Waals surface area (Å²) in [6, 6.07) is 29.5. The second kappa shape index (κ2) is 20.2. The molecule has 7 rings (SSSR count). The maximum atomic E-state index is 13.9. The van der Waals surface area contributed by atoms with Gasteiger partial charge in [-0.3, -0.25) is 0 Å². The van der Waals surface area contributed by atoms with E-state index in [1.165, 1.54) is 0 Å². The van der Waals surface area contributed by atoms with Gasteiger partial charge in [0.15, 0.2) is 0 Å². The summed E-state index contributed by atoms with van der Waals surface area (Å²) in [6.07, 6.45) is 10.7.